The molecule has 1 N–H and O–H groups in total. The van der Waals surface area contributed by atoms with Gasteiger partial charge in [-0.05, 0) is 47.7 Å². The van der Waals surface area contributed by atoms with E-state index in [1.54, 1.807) is 16.4 Å². The van der Waals surface area contributed by atoms with Gasteiger partial charge in [0.2, 0.25) is 5.16 Å². The maximum atomic E-state index is 9.29. The molecular weight excluding hydrogens is 286 g/mol. The lowest BCUT2D eigenvalue weighted by Crippen LogP contribution is -2.25. The van der Waals surface area contributed by atoms with E-state index in [-0.39, 0.29) is 5.25 Å². The van der Waals surface area contributed by atoms with Gasteiger partial charge in [0.15, 0.2) is 0 Å². The molecule has 0 aliphatic heterocycles. The minimum atomic E-state index is 0.196. The highest BCUT2D eigenvalue weighted by Gasteiger charge is 2.46. The summed E-state index contributed by atoms with van der Waals surface area (Å²) in [5.74, 6) is 1.02. The zero-order valence-electron chi connectivity index (χ0n) is 11.3. The summed E-state index contributed by atoms with van der Waals surface area (Å²) in [7, 11) is 0. The minimum Gasteiger partial charge on any atom is -0.411 e. The summed E-state index contributed by atoms with van der Waals surface area (Å²) in [5, 5.41) is 25.8. The van der Waals surface area contributed by atoms with Crippen LogP contribution in [0.1, 0.15) is 19.3 Å². The van der Waals surface area contributed by atoms with Gasteiger partial charge in [-0.3, -0.25) is 0 Å². The number of hydrogen-bond acceptors (Lipinski definition) is 6. The van der Waals surface area contributed by atoms with Crippen LogP contribution < -0.4 is 0 Å². The summed E-state index contributed by atoms with van der Waals surface area (Å²) >= 11 is 1.61. The first-order chi connectivity index (χ1) is 10.4. The summed E-state index contributed by atoms with van der Waals surface area (Å²) in [6, 6.07) is 9.84. The number of thioether (sulfide) groups is 1. The lowest BCUT2D eigenvalue weighted by molar-refractivity contribution is 0.314. The second kappa shape index (κ2) is 5.14. The van der Waals surface area contributed by atoms with Gasteiger partial charge >= 0.3 is 0 Å². The molecule has 4 rings (SSSR count). The maximum Gasteiger partial charge on any atom is 0.214 e. The third kappa shape index (κ3) is 2.12. The predicted molar refractivity (Wildman–Crippen MR) is 78.9 cm³/mol. The van der Waals surface area contributed by atoms with Gasteiger partial charge in [0.05, 0.1) is 16.6 Å². The first kappa shape index (κ1) is 12.8. The van der Waals surface area contributed by atoms with Crippen molar-refractivity contribution in [2.24, 2.45) is 17.0 Å². The van der Waals surface area contributed by atoms with E-state index in [0.717, 1.165) is 29.4 Å². The molecule has 2 aromatic rings. The van der Waals surface area contributed by atoms with Gasteiger partial charge in [0, 0.05) is 5.92 Å². The molecule has 1 aromatic heterocycles. The molecule has 2 fully saturated rings. The number of nitrogens with zero attached hydrogens (tertiary/aromatic N) is 5. The summed E-state index contributed by atoms with van der Waals surface area (Å²) in [6.07, 6.45) is 3.48. The van der Waals surface area contributed by atoms with Crippen molar-refractivity contribution in [3.8, 4) is 5.69 Å². The first-order valence-electron chi connectivity index (χ1n) is 7.09. The van der Waals surface area contributed by atoms with Crippen LogP contribution in [0.15, 0.2) is 40.6 Å². The Balaban J connectivity index is 1.63. The van der Waals surface area contributed by atoms with Gasteiger partial charge < -0.3 is 5.21 Å². The number of fused-ring (bicyclic) bond motifs is 2. The van der Waals surface area contributed by atoms with E-state index in [9.17, 15) is 5.21 Å². The normalized spacial score (nSPS) is 29.3. The van der Waals surface area contributed by atoms with Gasteiger partial charge in [-0.2, -0.15) is 4.68 Å². The maximum absolute atomic E-state index is 9.29. The Bertz CT molecular complexity index is 671. The fourth-order valence-electron chi connectivity index (χ4n) is 3.43. The third-order valence-electron chi connectivity index (χ3n) is 4.40. The molecule has 0 saturated heterocycles. The fraction of sp³-hybridized carbons (Fsp3) is 0.429. The molecule has 3 atom stereocenters. The Kier molecular flexibility index (Phi) is 3.14. The monoisotopic (exact) mass is 301 g/mol. The molecule has 3 unspecified atom stereocenters. The zero-order chi connectivity index (χ0) is 14.2. The van der Waals surface area contributed by atoms with E-state index >= 15 is 0 Å². The van der Waals surface area contributed by atoms with Crippen LogP contribution in [0.3, 0.4) is 0 Å². The Morgan fingerprint density at radius 1 is 1.24 bits per heavy atom. The highest BCUT2D eigenvalue weighted by Crippen LogP contribution is 2.49. The van der Waals surface area contributed by atoms with Crippen LogP contribution in [0, 0.1) is 11.8 Å². The van der Waals surface area contributed by atoms with E-state index in [1.165, 1.54) is 6.42 Å². The van der Waals surface area contributed by atoms with Crippen LogP contribution in [-0.2, 0) is 0 Å². The average molecular weight is 301 g/mol. The summed E-state index contributed by atoms with van der Waals surface area (Å²) in [4.78, 5) is 0. The van der Waals surface area contributed by atoms with E-state index in [0.29, 0.717) is 11.8 Å². The highest BCUT2D eigenvalue weighted by atomic mass is 32.2. The molecule has 2 aliphatic carbocycles. The van der Waals surface area contributed by atoms with Crippen molar-refractivity contribution in [2.75, 3.05) is 0 Å². The molecule has 0 spiro atoms. The fourth-order valence-corrected chi connectivity index (χ4v) is 4.78. The third-order valence-corrected chi connectivity index (χ3v) is 5.75. The van der Waals surface area contributed by atoms with Gasteiger partial charge in [-0.25, -0.2) is 0 Å². The van der Waals surface area contributed by atoms with E-state index in [1.807, 2.05) is 30.3 Å². The Morgan fingerprint density at radius 3 is 2.90 bits per heavy atom. The molecule has 108 valence electrons. The van der Waals surface area contributed by atoms with Crippen molar-refractivity contribution in [3.05, 3.63) is 30.3 Å². The lowest BCUT2D eigenvalue weighted by Gasteiger charge is -2.21. The molecule has 6 nitrogen and oxygen atoms in total. The number of para-hydroxylation sites is 1. The Hall–Kier alpha value is -1.89. The molecule has 2 aliphatic rings. The number of hydrogen-bond donors (Lipinski definition) is 1. The van der Waals surface area contributed by atoms with Crippen LogP contribution in [-0.4, -0.2) is 36.4 Å². The van der Waals surface area contributed by atoms with E-state index in [2.05, 4.69) is 20.7 Å². The number of aromatic nitrogens is 4. The second-order valence-corrected chi connectivity index (χ2v) is 6.65. The van der Waals surface area contributed by atoms with Crippen molar-refractivity contribution in [1.82, 2.24) is 20.2 Å². The Morgan fingerprint density at radius 2 is 2.10 bits per heavy atom. The summed E-state index contributed by atoms with van der Waals surface area (Å²) in [6.45, 7) is 0. The summed E-state index contributed by atoms with van der Waals surface area (Å²) < 4.78 is 1.74. The second-order valence-electron chi connectivity index (χ2n) is 5.54. The molecule has 1 aromatic carbocycles. The Labute approximate surface area is 126 Å². The van der Waals surface area contributed by atoms with Crippen molar-refractivity contribution in [1.29, 1.82) is 0 Å². The van der Waals surface area contributed by atoms with Crippen LogP contribution >= 0.6 is 11.8 Å². The lowest BCUT2D eigenvalue weighted by atomic mass is 9.98. The molecule has 7 heteroatoms. The number of oxime groups is 1. The first-order valence-corrected chi connectivity index (χ1v) is 7.97. The summed E-state index contributed by atoms with van der Waals surface area (Å²) in [5.41, 5.74) is 1.86. The number of tetrazole rings is 1. The molecule has 2 saturated carbocycles. The number of rotatable bonds is 3. The molecule has 0 radical (unpaired) electrons. The van der Waals surface area contributed by atoms with Crippen molar-refractivity contribution >= 4 is 17.5 Å². The number of benzene rings is 1. The van der Waals surface area contributed by atoms with E-state index in [4.69, 9.17) is 0 Å². The van der Waals surface area contributed by atoms with Crippen molar-refractivity contribution in [3.63, 3.8) is 0 Å². The van der Waals surface area contributed by atoms with Crippen LogP contribution in [0.2, 0.25) is 0 Å². The molecule has 1 heterocycles. The van der Waals surface area contributed by atoms with Crippen LogP contribution in [0.25, 0.3) is 5.69 Å². The minimum absolute atomic E-state index is 0.196. The van der Waals surface area contributed by atoms with Crippen molar-refractivity contribution < 1.29 is 5.21 Å². The standard InChI is InChI=1S/C14H15N5OS/c20-16-12-9-6-7-10(8-9)13(12)21-14-15-17-18-19(14)11-4-2-1-3-5-11/h1-5,9-10,13,20H,6-8H2/b16-12-. The quantitative estimate of drug-likeness (QED) is 0.696. The average Bonchev–Trinajstić information content (AvgIpc) is 3.23. The highest BCUT2D eigenvalue weighted by molar-refractivity contribution is 8.00. The van der Waals surface area contributed by atoms with Gasteiger partial charge in [0.1, 0.15) is 0 Å². The zero-order valence-corrected chi connectivity index (χ0v) is 12.1. The largest absolute Gasteiger partial charge is 0.411 e. The molecular formula is C14H15N5OS. The topological polar surface area (TPSA) is 76.2 Å². The molecule has 2 bridgehead atoms. The molecule has 21 heavy (non-hydrogen) atoms. The smallest absolute Gasteiger partial charge is 0.214 e. The van der Waals surface area contributed by atoms with Crippen LogP contribution in [0.4, 0.5) is 0 Å². The van der Waals surface area contributed by atoms with Gasteiger partial charge in [-0.1, -0.05) is 35.1 Å². The van der Waals surface area contributed by atoms with Gasteiger partial charge in [0.25, 0.3) is 0 Å². The SMILES string of the molecule is O/N=C1/C2CCC(C2)C1Sc1nnnn1-c1ccccc1. The van der Waals surface area contributed by atoms with Crippen LogP contribution in [0.5, 0.6) is 0 Å². The molecule has 0 amide bonds. The van der Waals surface area contributed by atoms with Gasteiger partial charge in [-0.15, -0.1) is 5.10 Å². The van der Waals surface area contributed by atoms with Crippen molar-refractivity contribution in [2.45, 2.75) is 29.7 Å². The predicted octanol–water partition coefficient (Wildman–Crippen LogP) is 2.38. The van der Waals surface area contributed by atoms with E-state index < -0.39 is 0 Å².